The summed E-state index contributed by atoms with van der Waals surface area (Å²) in [6.07, 6.45) is 1.83. The largest absolute Gasteiger partial charge is 0.353 e. The highest BCUT2D eigenvalue weighted by Crippen LogP contribution is 1.93. The Bertz CT molecular complexity index is 151. The summed E-state index contributed by atoms with van der Waals surface area (Å²) in [6.45, 7) is 6.35. The molecule has 10 heavy (non-hydrogen) atoms. The Morgan fingerprint density at radius 2 is 2.70 bits per heavy atom. The summed E-state index contributed by atoms with van der Waals surface area (Å²) in [5.41, 5.74) is 0. The molecule has 0 fully saturated rings. The molecule has 0 aromatic carbocycles. The Hall–Kier alpha value is -0.990. The highest BCUT2D eigenvalue weighted by Gasteiger charge is 2.09. The predicted octanol–water partition coefficient (Wildman–Crippen LogP) is 0.0634. The summed E-state index contributed by atoms with van der Waals surface area (Å²) in [7, 11) is 2.03. The number of guanidine groups is 1. The third-order valence-corrected chi connectivity index (χ3v) is 1.46. The summed E-state index contributed by atoms with van der Waals surface area (Å²) >= 11 is 0. The lowest BCUT2D eigenvalue weighted by atomic mass is 10.6. The first-order valence-electron chi connectivity index (χ1n) is 3.45. The van der Waals surface area contributed by atoms with Crippen molar-refractivity contribution in [2.45, 2.75) is 0 Å². The Labute approximate surface area is 61.4 Å². The van der Waals surface area contributed by atoms with E-state index in [2.05, 4.69) is 21.8 Å². The molecule has 0 saturated heterocycles. The molecule has 0 aliphatic carbocycles. The average Bonchev–Trinajstić information content (AvgIpc) is 2.31. The zero-order valence-electron chi connectivity index (χ0n) is 6.30. The fourth-order valence-electron chi connectivity index (χ4n) is 0.887. The van der Waals surface area contributed by atoms with Gasteiger partial charge in [-0.2, -0.15) is 0 Å². The zero-order chi connectivity index (χ0) is 7.40. The Balaban J connectivity index is 2.32. The molecule has 0 amide bonds. The van der Waals surface area contributed by atoms with Crippen LogP contribution in [0.25, 0.3) is 0 Å². The second-order valence-corrected chi connectivity index (χ2v) is 2.30. The molecule has 1 heterocycles. The number of hydrogen-bond donors (Lipinski definition) is 1. The van der Waals surface area contributed by atoms with Crippen LogP contribution in [0.2, 0.25) is 0 Å². The first kappa shape index (κ1) is 7.12. The van der Waals surface area contributed by atoms with Gasteiger partial charge in [-0.1, -0.05) is 6.08 Å². The maximum absolute atomic E-state index is 4.24. The minimum Gasteiger partial charge on any atom is -0.353 e. The lowest BCUT2D eigenvalue weighted by Crippen LogP contribution is -2.35. The van der Waals surface area contributed by atoms with E-state index in [0.29, 0.717) is 0 Å². The van der Waals surface area contributed by atoms with Crippen molar-refractivity contribution in [3.63, 3.8) is 0 Å². The summed E-state index contributed by atoms with van der Waals surface area (Å²) < 4.78 is 0. The molecule has 1 aliphatic heterocycles. The van der Waals surface area contributed by atoms with Gasteiger partial charge in [0, 0.05) is 20.1 Å². The smallest absolute Gasteiger partial charge is 0.194 e. The molecule has 1 rings (SSSR count). The number of rotatable bonds is 2. The van der Waals surface area contributed by atoms with Crippen LogP contribution in [-0.4, -0.2) is 37.5 Å². The Kier molecular flexibility index (Phi) is 2.31. The molecule has 3 heteroatoms. The Morgan fingerprint density at radius 1 is 1.90 bits per heavy atom. The van der Waals surface area contributed by atoms with Crippen molar-refractivity contribution in [1.29, 1.82) is 0 Å². The molecule has 1 N–H and O–H groups in total. The molecular formula is C7H13N3. The van der Waals surface area contributed by atoms with Crippen LogP contribution in [-0.2, 0) is 0 Å². The minimum absolute atomic E-state index is 0.795. The first-order chi connectivity index (χ1) is 4.84. The van der Waals surface area contributed by atoms with Gasteiger partial charge >= 0.3 is 0 Å². The molecule has 0 unspecified atom stereocenters. The highest BCUT2D eigenvalue weighted by atomic mass is 15.3. The summed E-state index contributed by atoms with van der Waals surface area (Å²) in [4.78, 5) is 6.34. The second kappa shape index (κ2) is 3.25. The molecule has 0 radical (unpaired) electrons. The molecule has 0 aromatic rings. The first-order valence-corrected chi connectivity index (χ1v) is 3.45. The maximum Gasteiger partial charge on any atom is 0.194 e. The van der Waals surface area contributed by atoms with E-state index in [1.807, 2.05) is 13.1 Å². The van der Waals surface area contributed by atoms with Gasteiger partial charge in [-0.05, 0) is 0 Å². The topological polar surface area (TPSA) is 27.6 Å². The van der Waals surface area contributed by atoms with Crippen LogP contribution < -0.4 is 5.32 Å². The SMILES string of the molecule is C=CCNC1=NCCN1C. The van der Waals surface area contributed by atoms with Crippen molar-refractivity contribution in [3.8, 4) is 0 Å². The third-order valence-electron chi connectivity index (χ3n) is 1.46. The maximum atomic E-state index is 4.24. The standard InChI is InChI=1S/C7H13N3/c1-3-4-8-7-9-5-6-10(7)2/h3H,1,4-6H2,2H3,(H,8,9). The van der Waals surface area contributed by atoms with Crippen LogP contribution >= 0.6 is 0 Å². The van der Waals surface area contributed by atoms with Crippen LogP contribution in [0.3, 0.4) is 0 Å². The van der Waals surface area contributed by atoms with Crippen LogP contribution in [0.5, 0.6) is 0 Å². The third kappa shape index (κ3) is 1.50. The second-order valence-electron chi connectivity index (χ2n) is 2.30. The fourth-order valence-corrected chi connectivity index (χ4v) is 0.887. The summed E-state index contributed by atoms with van der Waals surface area (Å²) in [5.74, 6) is 0.986. The number of nitrogens with zero attached hydrogens (tertiary/aromatic N) is 2. The molecule has 0 aromatic heterocycles. The van der Waals surface area contributed by atoms with Crippen LogP contribution in [0.4, 0.5) is 0 Å². The van der Waals surface area contributed by atoms with Gasteiger partial charge in [-0.3, -0.25) is 4.99 Å². The van der Waals surface area contributed by atoms with E-state index >= 15 is 0 Å². The van der Waals surface area contributed by atoms with Crippen molar-refractivity contribution in [2.75, 3.05) is 26.7 Å². The van der Waals surface area contributed by atoms with Gasteiger partial charge in [0.2, 0.25) is 0 Å². The van der Waals surface area contributed by atoms with E-state index in [0.717, 1.165) is 25.6 Å². The summed E-state index contributed by atoms with van der Waals surface area (Å²) in [5, 5.41) is 3.14. The molecular weight excluding hydrogens is 126 g/mol. The molecule has 3 nitrogen and oxygen atoms in total. The van der Waals surface area contributed by atoms with Gasteiger partial charge in [-0.25, -0.2) is 0 Å². The molecule has 0 spiro atoms. The van der Waals surface area contributed by atoms with Crippen molar-refractivity contribution in [3.05, 3.63) is 12.7 Å². The zero-order valence-corrected chi connectivity index (χ0v) is 6.30. The quantitative estimate of drug-likeness (QED) is 0.548. The lowest BCUT2D eigenvalue weighted by molar-refractivity contribution is 0.538. The van der Waals surface area contributed by atoms with Crippen molar-refractivity contribution < 1.29 is 0 Å². The monoisotopic (exact) mass is 139 g/mol. The van der Waals surface area contributed by atoms with Gasteiger partial charge in [0.15, 0.2) is 5.96 Å². The van der Waals surface area contributed by atoms with Gasteiger partial charge in [0.1, 0.15) is 0 Å². The number of aliphatic imine (C=N–C) groups is 1. The van der Waals surface area contributed by atoms with Gasteiger partial charge in [-0.15, -0.1) is 6.58 Å². The molecule has 0 saturated carbocycles. The van der Waals surface area contributed by atoms with Gasteiger partial charge in [0.05, 0.1) is 6.54 Å². The highest BCUT2D eigenvalue weighted by molar-refractivity contribution is 5.81. The van der Waals surface area contributed by atoms with Crippen molar-refractivity contribution in [1.82, 2.24) is 10.2 Å². The molecule has 56 valence electrons. The van der Waals surface area contributed by atoms with E-state index in [1.54, 1.807) is 0 Å². The van der Waals surface area contributed by atoms with Gasteiger partial charge < -0.3 is 10.2 Å². The van der Waals surface area contributed by atoms with E-state index in [1.165, 1.54) is 0 Å². The minimum atomic E-state index is 0.795. The normalized spacial score (nSPS) is 16.9. The Morgan fingerprint density at radius 3 is 3.20 bits per heavy atom. The number of nitrogens with one attached hydrogen (secondary N) is 1. The van der Waals surface area contributed by atoms with Crippen LogP contribution in [0.15, 0.2) is 17.6 Å². The van der Waals surface area contributed by atoms with E-state index in [9.17, 15) is 0 Å². The van der Waals surface area contributed by atoms with Crippen molar-refractivity contribution >= 4 is 5.96 Å². The summed E-state index contributed by atoms with van der Waals surface area (Å²) in [6, 6.07) is 0. The van der Waals surface area contributed by atoms with Gasteiger partial charge in [0.25, 0.3) is 0 Å². The van der Waals surface area contributed by atoms with E-state index in [4.69, 9.17) is 0 Å². The van der Waals surface area contributed by atoms with E-state index < -0.39 is 0 Å². The van der Waals surface area contributed by atoms with Crippen LogP contribution in [0.1, 0.15) is 0 Å². The fraction of sp³-hybridized carbons (Fsp3) is 0.571. The molecule has 0 atom stereocenters. The molecule has 0 bridgehead atoms. The van der Waals surface area contributed by atoms with Crippen LogP contribution in [0, 0.1) is 0 Å². The molecule has 1 aliphatic rings. The number of likely N-dealkylation sites (N-methyl/N-ethyl adjacent to an activating group) is 1. The predicted molar refractivity (Wildman–Crippen MR) is 43.1 cm³/mol. The average molecular weight is 139 g/mol. The van der Waals surface area contributed by atoms with Crippen molar-refractivity contribution in [2.24, 2.45) is 4.99 Å². The number of hydrogen-bond acceptors (Lipinski definition) is 3. The van der Waals surface area contributed by atoms with E-state index in [-0.39, 0.29) is 0 Å². The lowest BCUT2D eigenvalue weighted by Gasteiger charge is -2.13.